The van der Waals surface area contributed by atoms with Gasteiger partial charge in [-0.2, -0.15) is 0 Å². The van der Waals surface area contributed by atoms with Crippen molar-refractivity contribution in [2.24, 2.45) is 0 Å². The van der Waals surface area contributed by atoms with Crippen LogP contribution in [0.2, 0.25) is 0 Å². The first kappa shape index (κ1) is 15.8. The molecule has 5 nitrogen and oxygen atoms in total. The summed E-state index contributed by atoms with van der Waals surface area (Å²) in [5.41, 5.74) is 2.14. The van der Waals surface area contributed by atoms with Gasteiger partial charge in [0.15, 0.2) is 0 Å². The lowest BCUT2D eigenvalue weighted by atomic mass is 9.99. The number of nitrogens with one attached hydrogen (secondary N) is 1. The van der Waals surface area contributed by atoms with Crippen molar-refractivity contribution in [2.75, 3.05) is 45.8 Å². The Morgan fingerprint density at radius 1 is 1.38 bits per heavy atom. The van der Waals surface area contributed by atoms with E-state index in [-0.39, 0.29) is 17.9 Å². The number of fused-ring (bicyclic) bond motifs is 1. The zero-order chi connectivity index (χ0) is 15.2. The monoisotopic (exact) mass is 292 g/mol. The molecule has 2 unspecified atom stereocenters. The van der Waals surface area contributed by atoms with Crippen molar-refractivity contribution in [3.05, 3.63) is 29.8 Å². The lowest BCUT2D eigenvalue weighted by molar-refractivity contribution is -0.136. The van der Waals surface area contributed by atoms with Crippen molar-refractivity contribution >= 4 is 11.6 Å². The largest absolute Gasteiger partial charge is 0.384 e. The number of ether oxygens (including phenoxy) is 2. The highest BCUT2D eigenvalue weighted by Crippen LogP contribution is 2.32. The quantitative estimate of drug-likeness (QED) is 0.831. The zero-order valence-corrected chi connectivity index (χ0v) is 13.0. The van der Waals surface area contributed by atoms with E-state index in [0.29, 0.717) is 26.3 Å². The topological polar surface area (TPSA) is 50.8 Å². The van der Waals surface area contributed by atoms with Crippen LogP contribution in [0.15, 0.2) is 24.3 Å². The Balaban J connectivity index is 2.14. The molecule has 1 N–H and O–H groups in total. The number of nitrogens with zero attached hydrogens (tertiary/aromatic N) is 1. The summed E-state index contributed by atoms with van der Waals surface area (Å²) in [6.45, 7) is 4.30. The van der Waals surface area contributed by atoms with Crippen LogP contribution in [0.5, 0.6) is 0 Å². The lowest BCUT2D eigenvalue weighted by Gasteiger charge is -2.31. The van der Waals surface area contributed by atoms with Gasteiger partial charge in [0, 0.05) is 33.0 Å². The van der Waals surface area contributed by atoms with Crippen molar-refractivity contribution in [1.29, 1.82) is 0 Å². The Bertz CT molecular complexity index is 478. The van der Waals surface area contributed by atoms with Gasteiger partial charge in [-0.3, -0.25) is 4.79 Å². The predicted molar refractivity (Wildman–Crippen MR) is 82.6 cm³/mol. The standard InChI is InChI=1S/C16H24N2O3/c1-12(11-21-3)18(8-9-20-2)16(19)14-10-17-15-7-5-4-6-13(14)15/h4-7,12,14,17H,8-11H2,1-3H3. The van der Waals surface area contributed by atoms with E-state index in [2.05, 4.69) is 5.32 Å². The van der Waals surface area contributed by atoms with E-state index < -0.39 is 0 Å². The third kappa shape index (κ3) is 3.54. The minimum Gasteiger partial charge on any atom is -0.384 e. The van der Waals surface area contributed by atoms with Gasteiger partial charge in [-0.25, -0.2) is 0 Å². The van der Waals surface area contributed by atoms with Crippen molar-refractivity contribution < 1.29 is 14.3 Å². The summed E-state index contributed by atoms with van der Waals surface area (Å²) in [5, 5.41) is 3.30. The van der Waals surface area contributed by atoms with E-state index in [9.17, 15) is 4.79 Å². The number of amides is 1. The molecule has 21 heavy (non-hydrogen) atoms. The summed E-state index contributed by atoms with van der Waals surface area (Å²) in [6.07, 6.45) is 0. The molecule has 1 aromatic rings. The summed E-state index contributed by atoms with van der Waals surface area (Å²) in [4.78, 5) is 14.8. The lowest BCUT2D eigenvalue weighted by Crippen LogP contribution is -2.45. The Kier molecular flexibility index (Phi) is 5.59. The Morgan fingerprint density at radius 2 is 2.14 bits per heavy atom. The van der Waals surface area contributed by atoms with Gasteiger partial charge in [0.25, 0.3) is 0 Å². The third-order valence-corrected chi connectivity index (χ3v) is 3.89. The second kappa shape index (κ2) is 7.43. The normalized spacial score (nSPS) is 18.0. The number of hydrogen-bond donors (Lipinski definition) is 1. The first-order valence-electron chi connectivity index (χ1n) is 7.30. The van der Waals surface area contributed by atoms with E-state index in [1.165, 1.54) is 0 Å². The molecule has 0 fully saturated rings. The van der Waals surface area contributed by atoms with Crippen LogP contribution in [-0.2, 0) is 14.3 Å². The molecule has 0 saturated carbocycles. The molecule has 1 aliphatic heterocycles. The predicted octanol–water partition coefficient (Wildman–Crippen LogP) is 1.71. The van der Waals surface area contributed by atoms with E-state index in [4.69, 9.17) is 9.47 Å². The van der Waals surface area contributed by atoms with Crippen molar-refractivity contribution in [3.63, 3.8) is 0 Å². The van der Waals surface area contributed by atoms with Gasteiger partial charge in [0.05, 0.1) is 25.2 Å². The highest BCUT2D eigenvalue weighted by atomic mass is 16.5. The summed E-state index contributed by atoms with van der Waals surface area (Å²) < 4.78 is 10.3. The van der Waals surface area contributed by atoms with Crippen LogP contribution in [0.4, 0.5) is 5.69 Å². The Hall–Kier alpha value is -1.59. The molecule has 0 radical (unpaired) electrons. The molecule has 1 amide bonds. The van der Waals surface area contributed by atoms with E-state index in [1.54, 1.807) is 14.2 Å². The van der Waals surface area contributed by atoms with Crippen LogP contribution in [0.3, 0.4) is 0 Å². The highest BCUT2D eigenvalue weighted by Gasteiger charge is 2.33. The number of rotatable bonds is 7. The van der Waals surface area contributed by atoms with Gasteiger partial charge >= 0.3 is 0 Å². The van der Waals surface area contributed by atoms with E-state index in [1.807, 2.05) is 36.1 Å². The Morgan fingerprint density at radius 3 is 2.86 bits per heavy atom. The van der Waals surface area contributed by atoms with Crippen LogP contribution in [0.1, 0.15) is 18.4 Å². The van der Waals surface area contributed by atoms with Gasteiger partial charge in [-0.15, -0.1) is 0 Å². The van der Waals surface area contributed by atoms with E-state index >= 15 is 0 Å². The number of methoxy groups -OCH3 is 2. The van der Waals surface area contributed by atoms with Gasteiger partial charge in [-0.05, 0) is 18.6 Å². The molecule has 0 spiro atoms. The van der Waals surface area contributed by atoms with E-state index in [0.717, 1.165) is 11.3 Å². The van der Waals surface area contributed by atoms with Crippen molar-refractivity contribution in [3.8, 4) is 0 Å². The number of carbonyl (C=O) groups excluding carboxylic acids is 1. The minimum atomic E-state index is -0.127. The molecule has 0 aliphatic carbocycles. The van der Waals surface area contributed by atoms with Crippen LogP contribution in [-0.4, -0.2) is 57.4 Å². The SMILES string of the molecule is COCCN(C(=O)C1CNc2ccccc21)C(C)COC. The molecule has 116 valence electrons. The first-order valence-corrected chi connectivity index (χ1v) is 7.30. The maximum atomic E-state index is 12.9. The molecule has 1 heterocycles. The molecule has 1 aromatic carbocycles. The van der Waals surface area contributed by atoms with Gasteiger partial charge in [-0.1, -0.05) is 18.2 Å². The number of hydrogen-bond acceptors (Lipinski definition) is 4. The van der Waals surface area contributed by atoms with Gasteiger partial charge in [0.1, 0.15) is 0 Å². The fourth-order valence-corrected chi connectivity index (χ4v) is 2.77. The fraction of sp³-hybridized carbons (Fsp3) is 0.562. The number of para-hydroxylation sites is 1. The number of benzene rings is 1. The maximum Gasteiger partial charge on any atom is 0.232 e. The molecule has 2 rings (SSSR count). The molecule has 2 atom stereocenters. The zero-order valence-electron chi connectivity index (χ0n) is 13.0. The minimum absolute atomic E-state index is 0.0328. The average Bonchev–Trinajstić information content (AvgIpc) is 2.91. The molecule has 0 aromatic heterocycles. The molecular weight excluding hydrogens is 268 g/mol. The first-order chi connectivity index (χ1) is 10.2. The van der Waals surface area contributed by atoms with Gasteiger partial charge in [0.2, 0.25) is 5.91 Å². The molecule has 0 saturated heterocycles. The molecule has 0 bridgehead atoms. The van der Waals surface area contributed by atoms with Crippen molar-refractivity contribution in [2.45, 2.75) is 18.9 Å². The Labute approximate surface area is 126 Å². The molecule has 1 aliphatic rings. The van der Waals surface area contributed by atoms with Crippen LogP contribution < -0.4 is 5.32 Å². The molecule has 5 heteroatoms. The maximum absolute atomic E-state index is 12.9. The van der Waals surface area contributed by atoms with Gasteiger partial charge < -0.3 is 19.7 Å². The second-order valence-corrected chi connectivity index (χ2v) is 5.35. The molecular formula is C16H24N2O3. The summed E-state index contributed by atoms with van der Waals surface area (Å²) >= 11 is 0. The third-order valence-electron chi connectivity index (χ3n) is 3.89. The number of anilines is 1. The summed E-state index contributed by atoms with van der Waals surface area (Å²) in [7, 11) is 3.30. The second-order valence-electron chi connectivity index (χ2n) is 5.35. The smallest absolute Gasteiger partial charge is 0.232 e. The highest BCUT2D eigenvalue weighted by molar-refractivity contribution is 5.88. The number of carbonyl (C=O) groups is 1. The van der Waals surface area contributed by atoms with Crippen LogP contribution in [0, 0.1) is 0 Å². The van der Waals surface area contributed by atoms with Crippen LogP contribution >= 0.6 is 0 Å². The van der Waals surface area contributed by atoms with Crippen molar-refractivity contribution in [1.82, 2.24) is 4.90 Å². The summed E-state index contributed by atoms with van der Waals surface area (Å²) in [6, 6.07) is 8.03. The summed E-state index contributed by atoms with van der Waals surface area (Å²) in [5.74, 6) is 0.00594. The fourth-order valence-electron chi connectivity index (χ4n) is 2.77. The average molecular weight is 292 g/mol. The van der Waals surface area contributed by atoms with Crippen LogP contribution in [0.25, 0.3) is 0 Å².